The molecular weight excluding hydrogens is 687 g/mol. The number of rotatable bonds is 5. The summed E-state index contributed by atoms with van der Waals surface area (Å²) in [6.07, 6.45) is 11.0. The second kappa shape index (κ2) is 11.3. The van der Waals surface area contributed by atoms with Gasteiger partial charge in [0.1, 0.15) is 22.5 Å². The maximum Gasteiger partial charge on any atom is 0.276 e. The lowest BCUT2D eigenvalue weighted by molar-refractivity contribution is 0.163. The van der Waals surface area contributed by atoms with Crippen LogP contribution in [0.2, 0.25) is 0 Å². The molecule has 3 aromatic carbocycles. The fraction of sp³-hybridized carbons (Fsp3) is 0.436. The van der Waals surface area contributed by atoms with E-state index >= 15 is 0 Å². The quantitative estimate of drug-likeness (QED) is 0.340. The Hall–Kier alpha value is -3.84. The summed E-state index contributed by atoms with van der Waals surface area (Å²) >= 11 is 0. The molecule has 0 saturated carbocycles. The molecule has 2 N–H and O–H groups in total. The molecule has 1 fully saturated rings. The van der Waals surface area contributed by atoms with Gasteiger partial charge in [-0.3, -0.25) is 0 Å². The summed E-state index contributed by atoms with van der Waals surface area (Å²) in [5.41, 5.74) is 8.56. The molecule has 6 aliphatic heterocycles. The molecule has 51 heavy (non-hydrogen) atoms. The number of sulfonamides is 1. The van der Waals surface area contributed by atoms with Crippen molar-refractivity contribution in [1.82, 2.24) is 4.72 Å². The molecule has 0 aromatic heterocycles. The van der Waals surface area contributed by atoms with Gasteiger partial charge in [0.25, 0.3) is 10.1 Å². The van der Waals surface area contributed by atoms with Gasteiger partial charge in [-0.15, -0.1) is 0 Å². The second-order valence-electron chi connectivity index (χ2n) is 15.0. The van der Waals surface area contributed by atoms with E-state index < -0.39 is 31.0 Å². The van der Waals surface area contributed by atoms with Crippen molar-refractivity contribution in [2.75, 3.05) is 42.5 Å². The van der Waals surface area contributed by atoms with Gasteiger partial charge in [0.05, 0.1) is 4.91 Å². The number of aryl methyl sites for hydroxylation is 2. The molecule has 0 radical (unpaired) electrons. The van der Waals surface area contributed by atoms with Crippen LogP contribution >= 0.6 is 0 Å². The number of aromatic hydroxyl groups is 1. The van der Waals surface area contributed by atoms with Crippen molar-refractivity contribution < 1.29 is 30.9 Å². The van der Waals surface area contributed by atoms with Gasteiger partial charge in [-0.25, -0.2) is 17.3 Å². The molecule has 10 rings (SSSR count). The van der Waals surface area contributed by atoms with Crippen molar-refractivity contribution in [2.45, 2.75) is 75.1 Å². The summed E-state index contributed by atoms with van der Waals surface area (Å²) in [6.45, 7) is 4.12. The van der Waals surface area contributed by atoms with E-state index in [1.807, 2.05) is 0 Å². The van der Waals surface area contributed by atoms with Crippen LogP contribution in [0.25, 0.3) is 0 Å². The van der Waals surface area contributed by atoms with Gasteiger partial charge in [-0.05, 0) is 110 Å². The zero-order chi connectivity index (χ0) is 34.7. The Labute approximate surface area is 298 Å². The van der Waals surface area contributed by atoms with E-state index in [0.717, 1.165) is 105 Å². The van der Waals surface area contributed by atoms with Gasteiger partial charge < -0.3 is 19.6 Å². The molecule has 1 aliphatic carbocycles. The molecule has 1 saturated heterocycles. The molecule has 1 spiro atoms. The molecule has 3 aromatic rings. The maximum atomic E-state index is 14.4. The zero-order valence-corrected chi connectivity index (χ0v) is 30.0. The lowest BCUT2D eigenvalue weighted by Crippen LogP contribution is -2.40. The minimum absolute atomic E-state index is 0.0195. The maximum absolute atomic E-state index is 14.4. The number of benzene rings is 3. The summed E-state index contributed by atoms with van der Waals surface area (Å²) in [4.78, 5) is 4.95. The van der Waals surface area contributed by atoms with E-state index in [-0.39, 0.29) is 23.6 Å². The van der Waals surface area contributed by atoms with Crippen LogP contribution in [0.15, 0.2) is 59.0 Å². The van der Waals surface area contributed by atoms with Crippen molar-refractivity contribution >= 4 is 31.5 Å². The Morgan fingerprint density at radius 1 is 0.824 bits per heavy atom. The fourth-order valence-electron chi connectivity index (χ4n) is 9.88. The highest BCUT2D eigenvalue weighted by Crippen LogP contribution is 2.64. The topological polar surface area (TPSA) is 125 Å². The molecule has 1 unspecified atom stereocenters. The summed E-state index contributed by atoms with van der Waals surface area (Å²) in [5, 5.41) is 8.42. The third-order valence-corrected chi connectivity index (χ3v) is 15.3. The molecule has 0 bridgehead atoms. The van der Waals surface area contributed by atoms with Crippen LogP contribution in [0.3, 0.4) is 0 Å². The minimum atomic E-state index is -4.28. The van der Waals surface area contributed by atoms with Gasteiger partial charge in [-0.1, -0.05) is 18.2 Å². The molecule has 266 valence electrons. The van der Waals surface area contributed by atoms with Crippen molar-refractivity contribution in [1.29, 1.82) is 0 Å². The first-order valence-corrected chi connectivity index (χ1v) is 21.3. The number of fused-ring (bicyclic) bond motifs is 8. The largest absolute Gasteiger partial charge is 0.508 e. The Morgan fingerprint density at radius 2 is 1.39 bits per heavy atom. The first-order valence-electron chi connectivity index (χ1n) is 18.3. The van der Waals surface area contributed by atoms with Gasteiger partial charge >= 0.3 is 0 Å². The standard InChI is InChI=1S/C39H41N3O7S2/c43-27-11-9-24(10-12-27)15-16-40-50(44,45)28-13-14-31-34(23-28)51(46,47)49-39(31)32-21-25-5-1-17-41-19-3-7-29(35(25)41)37(32)48-38-30-8-4-20-42-18-2-6-26(36(30)42)22-33(38)39/h9-14,21-22,34,40,43H,1-8,15-20,23H2. The number of hydrogen-bond donors (Lipinski definition) is 2. The average Bonchev–Trinajstić information content (AvgIpc) is 3.37. The van der Waals surface area contributed by atoms with Crippen LogP contribution < -0.4 is 19.3 Å². The van der Waals surface area contributed by atoms with E-state index in [4.69, 9.17) is 8.92 Å². The third-order valence-electron chi connectivity index (χ3n) is 12.1. The molecule has 10 nitrogen and oxygen atoms in total. The van der Waals surface area contributed by atoms with E-state index in [1.165, 1.54) is 22.5 Å². The highest BCUT2D eigenvalue weighted by molar-refractivity contribution is 7.93. The molecule has 6 heterocycles. The average molecular weight is 728 g/mol. The SMILES string of the molecule is O=S(=O)(NCCc1ccc(O)cc1)C1=CC=C2C(C1)S(=O)(=O)OC21c2cc3c4c(c2Oc2c1cc1c5c2CCCN5CCC1)CCCN4CCC3. The molecular formula is C39H41N3O7S2. The first kappa shape index (κ1) is 31.9. The normalized spacial score (nSPS) is 23.3. The van der Waals surface area contributed by atoms with Crippen LogP contribution in [0.1, 0.15) is 71.0 Å². The van der Waals surface area contributed by atoms with Crippen molar-refractivity contribution in [3.63, 3.8) is 0 Å². The summed E-state index contributed by atoms with van der Waals surface area (Å²) in [6, 6.07) is 10.9. The van der Waals surface area contributed by atoms with Crippen LogP contribution in [0.5, 0.6) is 17.2 Å². The lowest BCUT2D eigenvalue weighted by atomic mass is 9.71. The number of phenols is 1. The van der Waals surface area contributed by atoms with Crippen LogP contribution in [0, 0.1) is 0 Å². The van der Waals surface area contributed by atoms with E-state index in [1.54, 1.807) is 36.4 Å². The molecule has 12 heteroatoms. The monoisotopic (exact) mass is 727 g/mol. The van der Waals surface area contributed by atoms with Crippen LogP contribution in [-0.4, -0.2) is 59.9 Å². The van der Waals surface area contributed by atoms with E-state index in [0.29, 0.717) is 23.5 Å². The highest BCUT2D eigenvalue weighted by atomic mass is 32.2. The van der Waals surface area contributed by atoms with Crippen LogP contribution in [-0.2, 0) is 62.0 Å². The van der Waals surface area contributed by atoms with Crippen molar-refractivity contribution in [2.24, 2.45) is 0 Å². The molecule has 1 atom stereocenters. The van der Waals surface area contributed by atoms with Crippen molar-refractivity contribution in [3.05, 3.63) is 98.0 Å². The number of phenolic OH excluding ortho intramolecular Hbond substituents is 1. The number of ether oxygens (including phenoxy) is 1. The van der Waals surface area contributed by atoms with Gasteiger partial charge in [0.15, 0.2) is 5.60 Å². The first-order chi connectivity index (χ1) is 24.6. The van der Waals surface area contributed by atoms with E-state index in [9.17, 15) is 21.9 Å². The Morgan fingerprint density at radius 3 is 1.98 bits per heavy atom. The Bertz CT molecular complexity index is 2210. The Balaban J connectivity index is 1.14. The predicted octanol–water partition coefficient (Wildman–Crippen LogP) is 5.24. The van der Waals surface area contributed by atoms with Crippen molar-refractivity contribution in [3.8, 4) is 17.2 Å². The summed E-state index contributed by atoms with van der Waals surface area (Å²) in [5.74, 6) is 1.57. The second-order valence-corrected chi connectivity index (χ2v) is 18.5. The van der Waals surface area contributed by atoms with Gasteiger partial charge in [0, 0.05) is 72.8 Å². The van der Waals surface area contributed by atoms with E-state index in [2.05, 4.69) is 26.7 Å². The number of hydrogen-bond acceptors (Lipinski definition) is 9. The third kappa shape index (κ3) is 4.72. The number of allylic oxidation sites excluding steroid dienone is 3. The fourth-order valence-corrected chi connectivity index (χ4v) is 12.9. The molecule has 7 aliphatic rings. The van der Waals surface area contributed by atoms with Gasteiger partial charge in [0.2, 0.25) is 10.0 Å². The number of nitrogens with zero attached hydrogens (tertiary/aromatic N) is 2. The Kier molecular flexibility index (Phi) is 7.08. The highest BCUT2D eigenvalue weighted by Gasteiger charge is 2.62. The van der Waals surface area contributed by atoms with Gasteiger partial charge in [-0.2, -0.15) is 8.42 Å². The number of anilines is 2. The van der Waals surface area contributed by atoms with Crippen LogP contribution in [0.4, 0.5) is 11.4 Å². The smallest absolute Gasteiger partial charge is 0.276 e. The summed E-state index contributed by atoms with van der Waals surface area (Å²) < 4.78 is 72.5. The predicted molar refractivity (Wildman–Crippen MR) is 195 cm³/mol. The zero-order valence-electron chi connectivity index (χ0n) is 28.4. The summed E-state index contributed by atoms with van der Waals surface area (Å²) in [7, 11) is -8.27. The molecule has 0 amide bonds. The lowest BCUT2D eigenvalue weighted by Gasteiger charge is -2.45. The minimum Gasteiger partial charge on any atom is -0.508 e. The number of nitrogens with one attached hydrogen (secondary N) is 1.